The van der Waals surface area contributed by atoms with Crippen LogP contribution in [0.1, 0.15) is 28.9 Å². The molecule has 5 heteroatoms. The quantitative estimate of drug-likeness (QED) is 0.778. The van der Waals surface area contributed by atoms with Crippen molar-refractivity contribution >= 4 is 11.3 Å². The SMILES string of the molecule is CCCc1nc(CCOc2ccccc2F)sc1CC#N. The van der Waals surface area contributed by atoms with Gasteiger partial charge in [-0.3, -0.25) is 0 Å². The Hall–Kier alpha value is -1.93. The van der Waals surface area contributed by atoms with E-state index in [4.69, 9.17) is 10.00 Å². The minimum absolute atomic E-state index is 0.264. The Morgan fingerprint density at radius 3 is 2.86 bits per heavy atom. The molecule has 0 unspecified atom stereocenters. The number of ether oxygens (including phenoxy) is 1. The van der Waals surface area contributed by atoms with Gasteiger partial charge >= 0.3 is 0 Å². The summed E-state index contributed by atoms with van der Waals surface area (Å²) in [5.41, 5.74) is 1.02. The molecule has 0 atom stereocenters. The highest BCUT2D eigenvalue weighted by Crippen LogP contribution is 2.22. The number of nitrogens with zero attached hydrogens (tertiary/aromatic N) is 2. The normalized spacial score (nSPS) is 10.3. The summed E-state index contributed by atoms with van der Waals surface area (Å²) in [5, 5.41) is 9.78. The van der Waals surface area contributed by atoms with E-state index in [1.807, 2.05) is 0 Å². The summed E-state index contributed by atoms with van der Waals surface area (Å²) < 4.78 is 18.8. The van der Waals surface area contributed by atoms with Crippen molar-refractivity contribution in [3.8, 4) is 11.8 Å². The fourth-order valence-corrected chi connectivity index (χ4v) is 3.02. The van der Waals surface area contributed by atoms with E-state index < -0.39 is 0 Å². The maximum Gasteiger partial charge on any atom is 0.165 e. The third-order valence-corrected chi connectivity index (χ3v) is 4.12. The van der Waals surface area contributed by atoms with Gasteiger partial charge in [0.15, 0.2) is 11.6 Å². The molecule has 2 aromatic rings. The Balaban J connectivity index is 1.95. The van der Waals surface area contributed by atoms with Crippen LogP contribution in [0.3, 0.4) is 0 Å². The number of hydrogen-bond donors (Lipinski definition) is 0. The van der Waals surface area contributed by atoms with Gasteiger partial charge < -0.3 is 4.74 Å². The Kier molecular flexibility index (Phi) is 5.70. The number of nitriles is 1. The molecular weight excluding hydrogens is 287 g/mol. The van der Waals surface area contributed by atoms with Crippen LogP contribution in [0.15, 0.2) is 24.3 Å². The third kappa shape index (κ3) is 4.27. The molecule has 0 spiro atoms. The fraction of sp³-hybridized carbons (Fsp3) is 0.375. The molecule has 0 N–H and O–H groups in total. The average molecular weight is 304 g/mol. The zero-order valence-corrected chi connectivity index (χ0v) is 12.8. The predicted octanol–water partition coefficient (Wildman–Crippen LogP) is 3.92. The van der Waals surface area contributed by atoms with Crippen LogP contribution in [0, 0.1) is 17.1 Å². The van der Waals surface area contributed by atoms with Crippen molar-refractivity contribution in [2.45, 2.75) is 32.6 Å². The monoisotopic (exact) mass is 304 g/mol. The van der Waals surface area contributed by atoms with Crippen LogP contribution in [0.4, 0.5) is 4.39 Å². The highest BCUT2D eigenvalue weighted by atomic mass is 32.1. The van der Waals surface area contributed by atoms with Crippen molar-refractivity contribution in [1.82, 2.24) is 4.98 Å². The van der Waals surface area contributed by atoms with E-state index in [-0.39, 0.29) is 11.6 Å². The van der Waals surface area contributed by atoms with Gasteiger partial charge in [0.05, 0.1) is 29.8 Å². The molecule has 0 saturated carbocycles. The molecule has 1 aromatic heterocycles. The lowest BCUT2D eigenvalue weighted by Gasteiger charge is -2.05. The highest BCUT2D eigenvalue weighted by Gasteiger charge is 2.10. The van der Waals surface area contributed by atoms with E-state index in [0.717, 1.165) is 28.4 Å². The van der Waals surface area contributed by atoms with Crippen molar-refractivity contribution < 1.29 is 9.13 Å². The first-order chi connectivity index (χ1) is 10.2. The molecule has 0 amide bonds. The first-order valence-corrected chi connectivity index (χ1v) is 7.78. The lowest BCUT2D eigenvalue weighted by Crippen LogP contribution is -2.02. The Bertz CT molecular complexity index is 633. The summed E-state index contributed by atoms with van der Waals surface area (Å²) in [6, 6.07) is 8.54. The molecule has 0 aliphatic carbocycles. The van der Waals surface area contributed by atoms with Crippen molar-refractivity contribution in [3.05, 3.63) is 45.7 Å². The molecule has 0 radical (unpaired) electrons. The molecule has 2 rings (SSSR count). The predicted molar refractivity (Wildman–Crippen MR) is 81.0 cm³/mol. The van der Waals surface area contributed by atoms with Gasteiger partial charge in [0.1, 0.15) is 0 Å². The number of hydrogen-bond acceptors (Lipinski definition) is 4. The number of rotatable bonds is 7. The number of aromatic nitrogens is 1. The van der Waals surface area contributed by atoms with Gasteiger partial charge in [-0.05, 0) is 18.6 Å². The molecule has 1 heterocycles. The van der Waals surface area contributed by atoms with Crippen LogP contribution < -0.4 is 4.74 Å². The van der Waals surface area contributed by atoms with Gasteiger partial charge in [0, 0.05) is 11.3 Å². The number of benzene rings is 1. The standard InChI is InChI=1S/C16H17FN2OS/c1-2-5-13-15(8-10-18)21-16(19-13)9-11-20-14-7-4-3-6-12(14)17/h3-4,6-7H,2,5,8-9,11H2,1H3. The van der Waals surface area contributed by atoms with E-state index in [9.17, 15) is 4.39 Å². The van der Waals surface area contributed by atoms with Crippen LogP contribution in [-0.2, 0) is 19.3 Å². The number of para-hydroxylation sites is 1. The maximum absolute atomic E-state index is 13.4. The molecule has 0 saturated heterocycles. The maximum atomic E-state index is 13.4. The summed E-state index contributed by atoms with van der Waals surface area (Å²) >= 11 is 1.56. The van der Waals surface area contributed by atoms with Crippen LogP contribution in [-0.4, -0.2) is 11.6 Å². The van der Waals surface area contributed by atoms with Gasteiger partial charge in [-0.1, -0.05) is 25.5 Å². The van der Waals surface area contributed by atoms with E-state index in [0.29, 0.717) is 19.4 Å². The topological polar surface area (TPSA) is 45.9 Å². The van der Waals surface area contributed by atoms with Crippen molar-refractivity contribution in [2.75, 3.05) is 6.61 Å². The minimum atomic E-state index is -0.353. The highest BCUT2D eigenvalue weighted by molar-refractivity contribution is 7.11. The molecule has 0 aliphatic heterocycles. The molecule has 0 aliphatic rings. The summed E-state index contributed by atoms with van der Waals surface area (Å²) in [6.07, 6.45) is 2.93. The minimum Gasteiger partial charge on any atom is -0.490 e. The van der Waals surface area contributed by atoms with Crippen LogP contribution in [0.2, 0.25) is 0 Å². The lowest BCUT2D eigenvalue weighted by atomic mass is 10.2. The second-order valence-electron chi connectivity index (χ2n) is 4.59. The van der Waals surface area contributed by atoms with Crippen molar-refractivity contribution in [1.29, 1.82) is 5.26 Å². The van der Waals surface area contributed by atoms with Crippen molar-refractivity contribution in [2.24, 2.45) is 0 Å². The molecule has 110 valence electrons. The first-order valence-electron chi connectivity index (χ1n) is 6.96. The van der Waals surface area contributed by atoms with E-state index in [2.05, 4.69) is 18.0 Å². The first kappa shape index (κ1) is 15.5. The molecule has 3 nitrogen and oxygen atoms in total. The lowest BCUT2D eigenvalue weighted by molar-refractivity contribution is 0.305. The summed E-state index contributed by atoms with van der Waals surface area (Å²) in [6.45, 7) is 2.47. The number of aryl methyl sites for hydroxylation is 1. The molecule has 0 fully saturated rings. The molecular formula is C16H17FN2OS. The zero-order valence-electron chi connectivity index (χ0n) is 11.9. The van der Waals surface area contributed by atoms with E-state index >= 15 is 0 Å². The summed E-state index contributed by atoms with van der Waals surface area (Å²) in [7, 11) is 0. The average Bonchev–Trinajstić information content (AvgIpc) is 2.84. The van der Waals surface area contributed by atoms with Crippen LogP contribution >= 0.6 is 11.3 Å². The second kappa shape index (κ2) is 7.75. The van der Waals surface area contributed by atoms with Gasteiger partial charge in [-0.15, -0.1) is 11.3 Å². The Morgan fingerprint density at radius 1 is 1.33 bits per heavy atom. The van der Waals surface area contributed by atoms with Gasteiger partial charge in [0.2, 0.25) is 0 Å². The van der Waals surface area contributed by atoms with Crippen molar-refractivity contribution in [3.63, 3.8) is 0 Å². The fourth-order valence-electron chi connectivity index (χ4n) is 2.00. The smallest absolute Gasteiger partial charge is 0.165 e. The van der Waals surface area contributed by atoms with Gasteiger partial charge in [-0.2, -0.15) is 5.26 Å². The van der Waals surface area contributed by atoms with Crippen LogP contribution in [0.25, 0.3) is 0 Å². The summed E-state index contributed by atoms with van der Waals surface area (Å²) in [4.78, 5) is 5.61. The molecule has 0 bridgehead atoms. The number of thiazole rings is 1. The molecule has 1 aromatic carbocycles. The Morgan fingerprint density at radius 2 is 2.14 bits per heavy atom. The second-order valence-corrected chi connectivity index (χ2v) is 5.76. The largest absolute Gasteiger partial charge is 0.490 e. The Labute approximate surface area is 128 Å². The van der Waals surface area contributed by atoms with Gasteiger partial charge in [-0.25, -0.2) is 9.37 Å². The third-order valence-electron chi connectivity index (χ3n) is 2.96. The number of halogens is 1. The zero-order chi connectivity index (χ0) is 15.1. The van der Waals surface area contributed by atoms with E-state index in [1.165, 1.54) is 6.07 Å². The summed E-state index contributed by atoms with van der Waals surface area (Å²) in [5.74, 6) is -0.0893. The van der Waals surface area contributed by atoms with Gasteiger partial charge in [0.25, 0.3) is 0 Å². The van der Waals surface area contributed by atoms with Crippen LogP contribution in [0.5, 0.6) is 5.75 Å². The molecule has 21 heavy (non-hydrogen) atoms. The van der Waals surface area contributed by atoms with E-state index in [1.54, 1.807) is 29.5 Å².